The molecule has 0 aliphatic carbocycles. The van der Waals surface area contributed by atoms with Crippen molar-refractivity contribution in [1.82, 2.24) is 5.32 Å². The van der Waals surface area contributed by atoms with Crippen molar-refractivity contribution in [3.05, 3.63) is 0 Å². The lowest BCUT2D eigenvalue weighted by molar-refractivity contribution is 0.0423. The quantitative estimate of drug-likeness (QED) is 0.607. The highest BCUT2D eigenvalue weighted by Gasteiger charge is 2.26. The molecule has 1 heterocycles. The number of nitrogens with one attached hydrogen (secondary N) is 1. The van der Waals surface area contributed by atoms with Gasteiger partial charge in [-0.15, -0.1) is 0 Å². The molecule has 0 aromatic rings. The lowest BCUT2D eigenvalue weighted by Gasteiger charge is -2.15. The SMILES string of the molecule is CCOC1COCC1NC. The van der Waals surface area contributed by atoms with Crippen molar-refractivity contribution < 1.29 is 9.47 Å². The van der Waals surface area contributed by atoms with E-state index in [4.69, 9.17) is 9.47 Å². The van der Waals surface area contributed by atoms with Crippen LogP contribution in [0.4, 0.5) is 0 Å². The molecular weight excluding hydrogens is 130 g/mol. The third-order valence-corrected chi connectivity index (χ3v) is 1.78. The van der Waals surface area contributed by atoms with Gasteiger partial charge < -0.3 is 14.8 Å². The van der Waals surface area contributed by atoms with Crippen molar-refractivity contribution in [2.45, 2.75) is 19.1 Å². The van der Waals surface area contributed by atoms with Crippen LogP contribution in [0.3, 0.4) is 0 Å². The summed E-state index contributed by atoms with van der Waals surface area (Å²) in [6.45, 7) is 4.29. The molecule has 1 aliphatic heterocycles. The zero-order valence-corrected chi connectivity index (χ0v) is 6.59. The van der Waals surface area contributed by atoms with Gasteiger partial charge in [0.2, 0.25) is 0 Å². The Labute approximate surface area is 61.7 Å². The number of hydrogen-bond acceptors (Lipinski definition) is 3. The molecule has 2 atom stereocenters. The largest absolute Gasteiger partial charge is 0.377 e. The maximum absolute atomic E-state index is 5.42. The van der Waals surface area contributed by atoms with Gasteiger partial charge in [-0.3, -0.25) is 0 Å². The van der Waals surface area contributed by atoms with E-state index in [2.05, 4.69) is 5.32 Å². The van der Waals surface area contributed by atoms with Crippen molar-refractivity contribution in [1.29, 1.82) is 0 Å². The van der Waals surface area contributed by atoms with Crippen molar-refractivity contribution in [3.63, 3.8) is 0 Å². The predicted molar refractivity (Wildman–Crippen MR) is 39.1 cm³/mol. The molecule has 0 spiro atoms. The Balaban J connectivity index is 2.27. The van der Waals surface area contributed by atoms with E-state index < -0.39 is 0 Å². The minimum Gasteiger partial charge on any atom is -0.377 e. The van der Waals surface area contributed by atoms with Gasteiger partial charge in [0.15, 0.2) is 0 Å². The molecule has 0 aromatic carbocycles. The molecule has 0 amide bonds. The van der Waals surface area contributed by atoms with Gasteiger partial charge in [-0.2, -0.15) is 0 Å². The highest BCUT2D eigenvalue weighted by molar-refractivity contribution is 4.80. The van der Waals surface area contributed by atoms with Crippen LogP contribution in [-0.2, 0) is 9.47 Å². The standard InChI is InChI=1S/C7H15NO2/c1-3-10-7-5-9-4-6(7)8-2/h6-8H,3-5H2,1-2H3. The minimum absolute atomic E-state index is 0.259. The molecule has 3 nitrogen and oxygen atoms in total. The van der Waals surface area contributed by atoms with Crippen molar-refractivity contribution in [2.75, 3.05) is 26.9 Å². The van der Waals surface area contributed by atoms with Crippen LogP contribution >= 0.6 is 0 Å². The van der Waals surface area contributed by atoms with E-state index in [1.54, 1.807) is 0 Å². The van der Waals surface area contributed by atoms with Crippen LogP contribution in [0.5, 0.6) is 0 Å². The summed E-state index contributed by atoms with van der Waals surface area (Å²) in [5.41, 5.74) is 0. The van der Waals surface area contributed by atoms with Crippen molar-refractivity contribution in [2.24, 2.45) is 0 Å². The summed E-state index contributed by atoms with van der Waals surface area (Å²) in [6.07, 6.45) is 0.259. The van der Waals surface area contributed by atoms with Crippen LogP contribution in [0.25, 0.3) is 0 Å². The third kappa shape index (κ3) is 1.68. The van der Waals surface area contributed by atoms with Gasteiger partial charge in [-0.25, -0.2) is 0 Å². The van der Waals surface area contributed by atoms with Crippen LogP contribution in [0.15, 0.2) is 0 Å². The molecule has 0 saturated carbocycles. The van der Waals surface area contributed by atoms with Crippen molar-refractivity contribution in [3.8, 4) is 0 Å². The first kappa shape index (κ1) is 7.98. The first-order valence-corrected chi connectivity index (χ1v) is 3.75. The average molecular weight is 145 g/mol. The molecule has 60 valence electrons. The van der Waals surface area contributed by atoms with Gasteiger partial charge in [0.25, 0.3) is 0 Å². The zero-order valence-electron chi connectivity index (χ0n) is 6.59. The van der Waals surface area contributed by atoms with E-state index in [1.807, 2.05) is 14.0 Å². The number of hydrogen-bond donors (Lipinski definition) is 1. The molecule has 10 heavy (non-hydrogen) atoms. The molecule has 1 aliphatic rings. The summed E-state index contributed by atoms with van der Waals surface area (Å²) in [6, 6.07) is 0.389. The van der Waals surface area contributed by atoms with E-state index in [1.165, 1.54) is 0 Å². The fourth-order valence-corrected chi connectivity index (χ4v) is 1.18. The van der Waals surface area contributed by atoms with Crippen LogP contribution in [0.2, 0.25) is 0 Å². The molecule has 3 heteroatoms. The second-order valence-electron chi connectivity index (χ2n) is 2.43. The first-order chi connectivity index (χ1) is 4.88. The van der Waals surface area contributed by atoms with E-state index in [0.717, 1.165) is 19.8 Å². The summed E-state index contributed by atoms with van der Waals surface area (Å²) in [7, 11) is 1.94. The Kier molecular flexibility index (Phi) is 3.12. The minimum atomic E-state index is 0.259. The predicted octanol–water partition coefficient (Wildman–Crippen LogP) is 0.00970. The Hall–Kier alpha value is -0.120. The van der Waals surface area contributed by atoms with Crippen LogP contribution in [0, 0.1) is 0 Å². The number of likely N-dealkylation sites (N-methyl/N-ethyl adjacent to an activating group) is 1. The molecule has 0 radical (unpaired) electrons. The fourth-order valence-electron chi connectivity index (χ4n) is 1.18. The summed E-state index contributed by atoms with van der Waals surface area (Å²) < 4.78 is 10.6. The van der Waals surface area contributed by atoms with E-state index in [-0.39, 0.29) is 6.10 Å². The summed E-state index contributed by atoms with van der Waals surface area (Å²) >= 11 is 0. The Morgan fingerprint density at radius 1 is 1.60 bits per heavy atom. The summed E-state index contributed by atoms with van der Waals surface area (Å²) in [5.74, 6) is 0. The van der Waals surface area contributed by atoms with E-state index in [0.29, 0.717) is 6.04 Å². The highest BCUT2D eigenvalue weighted by Crippen LogP contribution is 2.08. The smallest absolute Gasteiger partial charge is 0.0983 e. The molecule has 2 unspecified atom stereocenters. The zero-order chi connectivity index (χ0) is 7.40. The summed E-state index contributed by atoms with van der Waals surface area (Å²) in [4.78, 5) is 0. The second-order valence-corrected chi connectivity index (χ2v) is 2.43. The van der Waals surface area contributed by atoms with Gasteiger partial charge in [0.05, 0.1) is 25.4 Å². The molecule has 0 aromatic heterocycles. The van der Waals surface area contributed by atoms with Crippen LogP contribution in [0.1, 0.15) is 6.92 Å². The maximum atomic E-state index is 5.42. The van der Waals surface area contributed by atoms with Gasteiger partial charge in [0, 0.05) is 6.61 Å². The molecule has 1 fully saturated rings. The lowest BCUT2D eigenvalue weighted by atomic mass is 10.2. The Bertz CT molecular complexity index is 97.6. The van der Waals surface area contributed by atoms with Crippen molar-refractivity contribution >= 4 is 0 Å². The second kappa shape index (κ2) is 3.91. The molecular formula is C7H15NO2. The molecule has 0 bridgehead atoms. The van der Waals surface area contributed by atoms with E-state index >= 15 is 0 Å². The van der Waals surface area contributed by atoms with E-state index in [9.17, 15) is 0 Å². The van der Waals surface area contributed by atoms with Gasteiger partial charge in [0.1, 0.15) is 0 Å². The van der Waals surface area contributed by atoms with Gasteiger partial charge in [-0.1, -0.05) is 0 Å². The van der Waals surface area contributed by atoms with Gasteiger partial charge in [-0.05, 0) is 14.0 Å². The molecule has 1 N–H and O–H groups in total. The topological polar surface area (TPSA) is 30.5 Å². The van der Waals surface area contributed by atoms with Crippen LogP contribution < -0.4 is 5.32 Å². The van der Waals surface area contributed by atoms with Gasteiger partial charge >= 0.3 is 0 Å². The van der Waals surface area contributed by atoms with Crippen LogP contribution in [-0.4, -0.2) is 39.0 Å². The Morgan fingerprint density at radius 2 is 2.40 bits per heavy atom. The maximum Gasteiger partial charge on any atom is 0.0983 e. The summed E-state index contributed by atoms with van der Waals surface area (Å²) in [5, 5.41) is 3.15. The number of rotatable bonds is 3. The lowest BCUT2D eigenvalue weighted by Crippen LogP contribution is -2.38. The normalized spacial score (nSPS) is 33.0. The monoisotopic (exact) mass is 145 g/mol. The fraction of sp³-hybridized carbons (Fsp3) is 1.00. The number of ether oxygens (including phenoxy) is 2. The molecule has 1 rings (SSSR count). The molecule has 1 saturated heterocycles. The highest BCUT2D eigenvalue weighted by atomic mass is 16.5. The Morgan fingerprint density at radius 3 is 3.00 bits per heavy atom. The average Bonchev–Trinajstić information content (AvgIpc) is 2.36. The first-order valence-electron chi connectivity index (χ1n) is 3.75. The third-order valence-electron chi connectivity index (χ3n) is 1.78.